The Morgan fingerprint density at radius 2 is 1.95 bits per heavy atom. The summed E-state index contributed by atoms with van der Waals surface area (Å²) in [6.07, 6.45) is 0. The van der Waals surface area contributed by atoms with Gasteiger partial charge in [0.25, 0.3) is 0 Å². The Morgan fingerprint density at radius 3 is 2.58 bits per heavy atom. The van der Waals surface area contributed by atoms with Gasteiger partial charge in [0.2, 0.25) is 5.88 Å². The third-order valence-corrected chi connectivity index (χ3v) is 2.83. The van der Waals surface area contributed by atoms with Crippen LogP contribution >= 0.6 is 23.0 Å². The van der Waals surface area contributed by atoms with Crippen LogP contribution in [-0.4, -0.2) is 16.6 Å². The molecule has 0 aliphatic rings. The number of benzene rings is 1. The number of fused-ring (bicyclic) bond motifs is 1. The fourth-order valence-corrected chi connectivity index (χ4v) is 1.86. The van der Waals surface area contributed by atoms with Crippen LogP contribution in [0.4, 0.5) is 0 Å². The highest BCUT2D eigenvalue weighted by Gasteiger charge is 2.18. The molecule has 1 heterocycles. The van der Waals surface area contributed by atoms with Gasteiger partial charge in [-0.2, -0.15) is 0 Å². The van der Waals surface area contributed by atoms with Gasteiger partial charge in [-0.1, -0.05) is 0 Å². The number of hydrogen-bond donors (Lipinski definition) is 0. The highest BCUT2D eigenvalue weighted by molar-refractivity contribution is 14.1. The molecule has 0 radical (unpaired) electrons. The zero-order valence-electron chi connectivity index (χ0n) is 10.9. The van der Waals surface area contributed by atoms with E-state index in [1.807, 2.05) is 26.8 Å². The summed E-state index contributed by atoms with van der Waals surface area (Å²) in [6, 6.07) is 8.89. The van der Waals surface area contributed by atoms with Gasteiger partial charge in [0, 0.05) is 11.5 Å². The first-order valence-corrected chi connectivity index (χ1v) is 6.70. The molecule has 4 nitrogen and oxygen atoms in total. The second-order valence-electron chi connectivity index (χ2n) is 5.14. The summed E-state index contributed by atoms with van der Waals surface area (Å²) in [4.78, 5) is 16.2. The number of carbonyl (C=O) groups excluding carboxylic acids is 1. The molecule has 0 amide bonds. The average molecular weight is 371 g/mol. The van der Waals surface area contributed by atoms with Crippen LogP contribution in [0.15, 0.2) is 30.3 Å². The Labute approximate surface area is 125 Å². The van der Waals surface area contributed by atoms with Crippen molar-refractivity contribution in [2.45, 2.75) is 26.4 Å². The maximum Gasteiger partial charge on any atom is 0.338 e. The van der Waals surface area contributed by atoms with E-state index in [2.05, 4.69) is 4.98 Å². The predicted octanol–water partition coefficient (Wildman–Crippen LogP) is 3.92. The van der Waals surface area contributed by atoms with Crippen LogP contribution in [0.25, 0.3) is 10.9 Å². The number of halogens is 1. The van der Waals surface area contributed by atoms with E-state index >= 15 is 0 Å². The van der Waals surface area contributed by atoms with Crippen LogP contribution < -0.4 is 3.07 Å². The van der Waals surface area contributed by atoms with E-state index in [0.29, 0.717) is 11.4 Å². The normalized spacial score (nSPS) is 11.4. The number of pyridine rings is 1. The van der Waals surface area contributed by atoms with Crippen molar-refractivity contribution >= 4 is 39.9 Å². The Morgan fingerprint density at radius 1 is 1.21 bits per heavy atom. The van der Waals surface area contributed by atoms with Crippen molar-refractivity contribution < 1.29 is 12.6 Å². The van der Waals surface area contributed by atoms with E-state index in [1.54, 1.807) is 47.3 Å². The Balaban J connectivity index is 2.34. The van der Waals surface area contributed by atoms with Gasteiger partial charge in [-0.15, -0.1) is 0 Å². The second kappa shape index (κ2) is 5.32. The summed E-state index contributed by atoms with van der Waals surface area (Å²) in [7, 11) is 0. The molecule has 19 heavy (non-hydrogen) atoms. The lowest BCUT2D eigenvalue weighted by molar-refractivity contribution is 0.00697. The SMILES string of the molecule is CC(C)(C)OC(=O)c1ccc2nc(OI)ccc2c1. The van der Waals surface area contributed by atoms with Crippen LogP contribution in [0.2, 0.25) is 0 Å². The third kappa shape index (κ3) is 3.56. The number of aromatic nitrogens is 1. The van der Waals surface area contributed by atoms with Crippen molar-refractivity contribution in [1.29, 1.82) is 0 Å². The lowest BCUT2D eigenvalue weighted by atomic mass is 10.1. The van der Waals surface area contributed by atoms with E-state index in [-0.39, 0.29) is 5.97 Å². The van der Waals surface area contributed by atoms with Gasteiger partial charge in [-0.3, -0.25) is 0 Å². The van der Waals surface area contributed by atoms with Crippen LogP contribution in [0.5, 0.6) is 5.88 Å². The fourth-order valence-electron chi connectivity index (χ4n) is 1.61. The fraction of sp³-hybridized carbons (Fsp3) is 0.286. The number of carbonyl (C=O) groups is 1. The molecule has 2 rings (SSSR count). The highest BCUT2D eigenvalue weighted by atomic mass is 127. The standard InChI is InChI=1S/C14H14INO3/c1-14(2,3)18-13(17)10-4-6-11-9(8-10)5-7-12(16-11)19-15/h4-8H,1-3H3. The minimum atomic E-state index is -0.497. The van der Waals surface area contributed by atoms with E-state index in [9.17, 15) is 4.79 Å². The molecular formula is C14H14INO3. The first kappa shape index (κ1) is 14.0. The Bertz CT molecular complexity index is 620. The van der Waals surface area contributed by atoms with E-state index in [1.165, 1.54) is 0 Å². The van der Waals surface area contributed by atoms with Crippen LogP contribution in [-0.2, 0) is 4.74 Å². The number of ether oxygens (including phenoxy) is 1. The topological polar surface area (TPSA) is 48.4 Å². The number of esters is 1. The van der Waals surface area contributed by atoms with Gasteiger partial charge in [0.1, 0.15) is 5.60 Å². The molecule has 0 spiro atoms. The van der Waals surface area contributed by atoms with Gasteiger partial charge in [-0.05, 0) is 45.0 Å². The first-order valence-electron chi connectivity index (χ1n) is 5.82. The first-order chi connectivity index (χ1) is 8.89. The highest BCUT2D eigenvalue weighted by Crippen LogP contribution is 2.20. The van der Waals surface area contributed by atoms with Gasteiger partial charge < -0.3 is 7.80 Å². The van der Waals surface area contributed by atoms with Crippen molar-refractivity contribution in [2.24, 2.45) is 0 Å². The summed E-state index contributed by atoms with van der Waals surface area (Å²) in [6.45, 7) is 5.53. The van der Waals surface area contributed by atoms with Crippen LogP contribution in [0.3, 0.4) is 0 Å². The molecule has 0 aliphatic carbocycles. The minimum Gasteiger partial charge on any atom is -0.456 e. The van der Waals surface area contributed by atoms with Gasteiger partial charge in [0.05, 0.1) is 11.1 Å². The molecule has 0 unspecified atom stereocenters. The molecule has 1 aromatic carbocycles. The predicted molar refractivity (Wildman–Crippen MR) is 81.6 cm³/mol. The van der Waals surface area contributed by atoms with Crippen LogP contribution in [0.1, 0.15) is 31.1 Å². The van der Waals surface area contributed by atoms with Gasteiger partial charge in [0.15, 0.2) is 23.0 Å². The molecule has 0 bridgehead atoms. The quantitative estimate of drug-likeness (QED) is 0.593. The van der Waals surface area contributed by atoms with Crippen molar-refractivity contribution in [1.82, 2.24) is 4.98 Å². The number of nitrogens with zero attached hydrogens (tertiary/aromatic N) is 1. The average Bonchev–Trinajstić information content (AvgIpc) is 2.35. The van der Waals surface area contributed by atoms with Crippen molar-refractivity contribution in [2.75, 3.05) is 0 Å². The van der Waals surface area contributed by atoms with E-state index in [0.717, 1.165) is 10.9 Å². The van der Waals surface area contributed by atoms with Crippen LogP contribution in [0, 0.1) is 0 Å². The smallest absolute Gasteiger partial charge is 0.338 e. The van der Waals surface area contributed by atoms with Crippen molar-refractivity contribution in [3.63, 3.8) is 0 Å². The summed E-state index contributed by atoms with van der Waals surface area (Å²) < 4.78 is 10.4. The molecule has 0 N–H and O–H groups in total. The molecule has 0 saturated carbocycles. The zero-order valence-corrected chi connectivity index (χ0v) is 13.1. The molecule has 100 valence electrons. The molecule has 0 atom stereocenters. The number of hydrogen-bond acceptors (Lipinski definition) is 4. The molecular weight excluding hydrogens is 357 g/mol. The summed E-state index contributed by atoms with van der Waals surface area (Å²) in [5, 5.41) is 0.876. The summed E-state index contributed by atoms with van der Waals surface area (Å²) >= 11 is 1.78. The summed E-state index contributed by atoms with van der Waals surface area (Å²) in [5.41, 5.74) is 0.803. The molecule has 0 saturated heterocycles. The third-order valence-electron chi connectivity index (χ3n) is 2.38. The second-order valence-corrected chi connectivity index (χ2v) is 5.58. The van der Waals surface area contributed by atoms with Crippen molar-refractivity contribution in [3.05, 3.63) is 35.9 Å². The Kier molecular flexibility index (Phi) is 3.93. The minimum absolute atomic E-state index is 0.330. The number of rotatable bonds is 2. The lowest BCUT2D eigenvalue weighted by Crippen LogP contribution is -2.23. The lowest BCUT2D eigenvalue weighted by Gasteiger charge is -2.19. The Hall–Kier alpha value is -1.37. The van der Waals surface area contributed by atoms with Crippen molar-refractivity contribution in [3.8, 4) is 5.88 Å². The molecule has 2 aromatic rings. The van der Waals surface area contributed by atoms with Gasteiger partial charge >= 0.3 is 5.97 Å². The maximum atomic E-state index is 12.0. The molecule has 5 heteroatoms. The molecule has 1 aromatic heterocycles. The molecule has 0 aliphatic heterocycles. The van der Waals surface area contributed by atoms with E-state index < -0.39 is 5.60 Å². The summed E-state index contributed by atoms with van der Waals surface area (Å²) in [5.74, 6) is 0.210. The largest absolute Gasteiger partial charge is 0.456 e. The monoisotopic (exact) mass is 371 g/mol. The van der Waals surface area contributed by atoms with E-state index in [4.69, 9.17) is 7.80 Å². The zero-order chi connectivity index (χ0) is 14.0. The maximum absolute atomic E-state index is 12.0. The van der Waals surface area contributed by atoms with Gasteiger partial charge in [-0.25, -0.2) is 9.78 Å². The molecule has 0 fully saturated rings.